The molecule has 19 heavy (non-hydrogen) atoms. The number of hydrogen-bond donors (Lipinski definition) is 2. The van der Waals surface area contributed by atoms with Gasteiger partial charge in [-0.05, 0) is 24.6 Å². The van der Waals surface area contributed by atoms with Gasteiger partial charge in [0.2, 0.25) is 10.0 Å². The Kier molecular flexibility index (Phi) is 5.44. The molecule has 5 nitrogen and oxygen atoms in total. The number of carbonyl (C=O) groups excluding carboxylic acids is 1. The number of unbranched alkanes of at least 4 members (excludes halogenated alkanes) is 2. The van der Waals surface area contributed by atoms with Gasteiger partial charge in [-0.25, -0.2) is 17.9 Å². The lowest BCUT2D eigenvalue weighted by molar-refractivity contribution is 0.0948. The summed E-state index contributed by atoms with van der Waals surface area (Å²) in [5.41, 5.74) is -0.317. The monoisotopic (exact) mass is 288 g/mol. The van der Waals surface area contributed by atoms with Crippen LogP contribution in [0.25, 0.3) is 0 Å². The third kappa shape index (κ3) is 4.60. The molecule has 7 heteroatoms. The number of amides is 1. The molecule has 0 spiro atoms. The molecule has 0 fully saturated rings. The molecule has 0 aliphatic rings. The molecule has 3 N–H and O–H groups in total. The number of primary sulfonamides is 1. The molecule has 1 rings (SSSR count). The lowest BCUT2D eigenvalue weighted by Crippen LogP contribution is -2.26. The first-order chi connectivity index (χ1) is 8.86. The fourth-order valence-corrected chi connectivity index (χ4v) is 2.07. The Balaban J connectivity index is 2.84. The zero-order chi connectivity index (χ0) is 14.5. The van der Waals surface area contributed by atoms with E-state index < -0.39 is 21.7 Å². The molecule has 1 aromatic carbocycles. The summed E-state index contributed by atoms with van der Waals surface area (Å²) in [6.45, 7) is 2.45. The molecular formula is C12H17FN2O3S. The van der Waals surface area contributed by atoms with Gasteiger partial charge in [0.15, 0.2) is 0 Å². The standard InChI is InChI=1S/C12H17FN2O3S/c1-2-3-4-7-15-12(16)10-8-9(19(14,17)18)5-6-11(10)13/h5-6,8H,2-4,7H2,1H3,(H,15,16)(H2,14,17,18). The quantitative estimate of drug-likeness (QED) is 0.775. The van der Waals surface area contributed by atoms with E-state index in [-0.39, 0.29) is 10.5 Å². The Bertz CT molecular complexity index is 558. The fourth-order valence-electron chi connectivity index (χ4n) is 1.53. The lowest BCUT2D eigenvalue weighted by Gasteiger charge is -2.07. The number of nitrogens with two attached hydrogens (primary N) is 1. The summed E-state index contributed by atoms with van der Waals surface area (Å²) < 4.78 is 35.8. The van der Waals surface area contributed by atoms with Gasteiger partial charge in [-0.15, -0.1) is 0 Å². The Labute approximate surface area is 112 Å². The van der Waals surface area contributed by atoms with E-state index >= 15 is 0 Å². The Morgan fingerprint density at radius 3 is 2.63 bits per heavy atom. The van der Waals surface area contributed by atoms with E-state index in [0.29, 0.717) is 6.54 Å². The van der Waals surface area contributed by atoms with Crippen molar-refractivity contribution in [3.05, 3.63) is 29.6 Å². The highest BCUT2D eigenvalue weighted by atomic mass is 32.2. The second-order valence-electron chi connectivity index (χ2n) is 4.15. The van der Waals surface area contributed by atoms with Gasteiger partial charge in [-0.2, -0.15) is 0 Å². The number of sulfonamides is 1. The van der Waals surface area contributed by atoms with Crippen LogP contribution in [0.2, 0.25) is 0 Å². The maximum atomic E-state index is 13.5. The summed E-state index contributed by atoms with van der Waals surface area (Å²) in [7, 11) is -3.95. The second-order valence-corrected chi connectivity index (χ2v) is 5.71. The van der Waals surface area contributed by atoms with Crippen molar-refractivity contribution in [1.82, 2.24) is 5.32 Å². The largest absolute Gasteiger partial charge is 0.352 e. The fraction of sp³-hybridized carbons (Fsp3) is 0.417. The van der Waals surface area contributed by atoms with Crippen molar-refractivity contribution in [3.63, 3.8) is 0 Å². The van der Waals surface area contributed by atoms with Crippen LogP contribution in [-0.2, 0) is 10.0 Å². The minimum absolute atomic E-state index is 0.285. The van der Waals surface area contributed by atoms with Crippen LogP contribution in [0.15, 0.2) is 23.1 Å². The summed E-state index contributed by atoms with van der Waals surface area (Å²) in [6.07, 6.45) is 2.75. The molecule has 0 radical (unpaired) electrons. The number of hydrogen-bond acceptors (Lipinski definition) is 3. The van der Waals surface area contributed by atoms with Crippen LogP contribution >= 0.6 is 0 Å². The molecule has 1 amide bonds. The second kappa shape index (κ2) is 6.63. The number of nitrogens with one attached hydrogen (secondary N) is 1. The highest BCUT2D eigenvalue weighted by molar-refractivity contribution is 7.89. The third-order valence-electron chi connectivity index (χ3n) is 2.58. The molecule has 0 saturated carbocycles. The molecule has 0 aromatic heterocycles. The van der Waals surface area contributed by atoms with Crippen molar-refractivity contribution in [2.24, 2.45) is 5.14 Å². The van der Waals surface area contributed by atoms with Crippen molar-refractivity contribution < 1.29 is 17.6 Å². The van der Waals surface area contributed by atoms with Crippen LogP contribution in [-0.4, -0.2) is 20.9 Å². The SMILES string of the molecule is CCCCCNC(=O)c1cc(S(N)(=O)=O)ccc1F. The number of halogens is 1. The van der Waals surface area contributed by atoms with Gasteiger partial charge < -0.3 is 5.32 Å². The van der Waals surface area contributed by atoms with Crippen LogP contribution < -0.4 is 10.5 Å². The van der Waals surface area contributed by atoms with Crippen LogP contribution in [0.5, 0.6) is 0 Å². The highest BCUT2D eigenvalue weighted by Gasteiger charge is 2.16. The van der Waals surface area contributed by atoms with E-state index in [9.17, 15) is 17.6 Å². The van der Waals surface area contributed by atoms with Gasteiger partial charge in [-0.3, -0.25) is 4.79 Å². The van der Waals surface area contributed by atoms with Crippen LogP contribution in [0.1, 0.15) is 36.5 Å². The molecule has 0 atom stereocenters. The van der Waals surface area contributed by atoms with Gasteiger partial charge in [0, 0.05) is 6.54 Å². The van der Waals surface area contributed by atoms with Crippen LogP contribution in [0.3, 0.4) is 0 Å². The number of benzene rings is 1. The summed E-state index contributed by atoms with van der Waals surface area (Å²) in [4.78, 5) is 11.4. The first-order valence-corrected chi connectivity index (χ1v) is 7.51. The minimum Gasteiger partial charge on any atom is -0.352 e. The Hall–Kier alpha value is -1.47. The molecule has 0 saturated heterocycles. The molecule has 0 unspecified atom stereocenters. The third-order valence-corrected chi connectivity index (χ3v) is 3.49. The Morgan fingerprint density at radius 1 is 1.37 bits per heavy atom. The van der Waals surface area contributed by atoms with Gasteiger partial charge in [-0.1, -0.05) is 19.8 Å². The van der Waals surface area contributed by atoms with E-state index in [2.05, 4.69) is 5.32 Å². The van der Waals surface area contributed by atoms with Crippen molar-refractivity contribution in [3.8, 4) is 0 Å². The molecular weight excluding hydrogens is 271 g/mol. The van der Waals surface area contributed by atoms with Crippen molar-refractivity contribution in [2.75, 3.05) is 6.54 Å². The number of rotatable bonds is 6. The van der Waals surface area contributed by atoms with Crippen molar-refractivity contribution in [2.45, 2.75) is 31.1 Å². The Morgan fingerprint density at radius 2 is 2.05 bits per heavy atom. The van der Waals surface area contributed by atoms with E-state index in [0.717, 1.165) is 37.5 Å². The molecule has 1 aromatic rings. The maximum Gasteiger partial charge on any atom is 0.254 e. The van der Waals surface area contributed by atoms with Crippen LogP contribution in [0.4, 0.5) is 4.39 Å². The highest BCUT2D eigenvalue weighted by Crippen LogP contribution is 2.14. The average molecular weight is 288 g/mol. The van der Waals surface area contributed by atoms with Gasteiger partial charge in [0.25, 0.3) is 5.91 Å². The van der Waals surface area contributed by atoms with Gasteiger partial charge in [0.05, 0.1) is 10.5 Å². The predicted molar refractivity (Wildman–Crippen MR) is 69.6 cm³/mol. The average Bonchev–Trinajstić information content (AvgIpc) is 2.33. The minimum atomic E-state index is -3.95. The van der Waals surface area contributed by atoms with Gasteiger partial charge in [0.1, 0.15) is 5.82 Å². The van der Waals surface area contributed by atoms with E-state index in [4.69, 9.17) is 5.14 Å². The van der Waals surface area contributed by atoms with Gasteiger partial charge >= 0.3 is 0 Å². The molecule has 0 heterocycles. The molecule has 0 aliphatic carbocycles. The lowest BCUT2D eigenvalue weighted by atomic mass is 10.2. The summed E-state index contributed by atoms with van der Waals surface area (Å²) in [5, 5.41) is 7.47. The van der Waals surface area contributed by atoms with E-state index in [1.54, 1.807) is 0 Å². The van der Waals surface area contributed by atoms with E-state index in [1.165, 1.54) is 0 Å². The summed E-state index contributed by atoms with van der Waals surface area (Å²) in [5.74, 6) is -1.42. The summed E-state index contributed by atoms with van der Waals surface area (Å²) >= 11 is 0. The van der Waals surface area contributed by atoms with Crippen molar-refractivity contribution in [1.29, 1.82) is 0 Å². The topological polar surface area (TPSA) is 89.3 Å². The number of carbonyl (C=O) groups is 1. The van der Waals surface area contributed by atoms with Crippen molar-refractivity contribution >= 4 is 15.9 Å². The zero-order valence-corrected chi connectivity index (χ0v) is 11.5. The molecule has 0 bridgehead atoms. The predicted octanol–water partition coefficient (Wildman–Crippen LogP) is 1.39. The molecule has 0 aliphatic heterocycles. The van der Waals surface area contributed by atoms with E-state index in [1.807, 2.05) is 6.92 Å². The maximum absolute atomic E-state index is 13.5. The smallest absolute Gasteiger partial charge is 0.254 e. The zero-order valence-electron chi connectivity index (χ0n) is 10.6. The molecule has 106 valence electrons. The summed E-state index contributed by atoms with van der Waals surface area (Å²) in [6, 6.07) is 2.89. The first kappa shape index (κ1) is 15.6. The first-order valence-electron chi connectivity index (χ1n) is 5.96. The van der Waals surface area contributed by atoms with Crippen LogP contribution in [0, 0.1) is 5.82 Å². The normalized spacial score (nSPS) is 11.3.